The fourth-order valence-corrected chi connectivity index (χ4v) is 0.147. The average Bonchev–Trinajstić information content (AvgIpc) is 1.78. The van der Waals surface area contributed by atoms with Gasteiger partial charge in [0.1, 0.15) is 6.75 Å². The van der Waals surface area contributed by atoms with Crippen LogP contribution in [0.1, 0.15) is 5.48 Å². The largest absolute Gasteiger partial charge is 0.353 e. The van der Waals surface area contributed by atoms with Gasteiger partial charge in [-0.15, -0.1) is 0 Å². The summed E-state index contributed by atoms with van der Waals surface area (Å²) in [5, 5.41) is 0. The van der Waals surface area contributed by atoms with Gasteiger partial charge >= 0.3 is 0 Å². The molecule has 0 aromatic heterocycles. The molecule has 0 atom stereocenters. The van der Waals surface area contributed by atoms with Crippen LogP contribution in [0.3, 0.4) is 0 Å². The van der Waals surface area contributed by atoms with Crippen LogP contribution in [0.5, 0.6) is 0 Å². The molecule has 0 amide bonds. The van der Waals surface area contributed by atoms with E-state index in [4.69, 9.17) is 5.48 Å². The van der Waals surface area contributed by atoms with Crippen molar-refractivity contribution >= 4 is 0 Å². The Labute approximate surface area is 36.3 Å². The van der Waals surface area contributed by atoms with Crippen molar-refractivity contribution in [3.63, 3.8) is 0 Å². The SMILES string of the molecule is [2H]C1([2H])COC([2H])([2H])O1. The molecule has 1 rings (SSSR count). The molecule has 2 heteroatoms. The highest BCUT2D eigenvalue weighted by atomic mass is 16.7. The Bertz CT molecular complexity index is 109. The summed E-state index contributed by atoms with van der Waals surface area (Å²) in [5.41, 5.74) is 0. The summed E-state index contributed by atoms with van der Waals surface area (Å²) in [7, 11) is 0. The summed E-state index contributed by atoms with van der Waals surface area (Å²) in [4.78, 5) is 0. The van der Waals surface area contributed by atoms with Crippen molar-refractivity contribution < 1.29 is 15.0 Å². The predicted molar refractivity (Wildman–Crippen MR) is 16.8 cm³/mol. The van der Waals surface area contributed by atoms with Crippen LogP contribution in [-0.4, -0.2) is 19.9 Å². The van der Waals surface area contributed by atoms with Gasteiger partial charge in [-0.05, 0) is 0 Å². The minimum absolute atomic E-state index is 0.347. The van der Waals surface area contributed by atoms with E-state index < -0.39 is 13.3 Å². The average molecular weight is 78.1 g/mol. The van der Waals surface area contributed by atoms with E-state index in [2.05, 4.69) is 9.47 Å². The molecule has 0 aromatic rings. The Morgan fingerprint density at radius 1 is 1.60 bits per heavy atom. The number of ether oxygens (including phenoxy) is 2. The molecule has 0 saturated carbocycles. The molecule has 0 unspecified atom stereocenters. The van der Waals surface area contributed by atoms with E-state index in [1.165, 1.54) is 0 Å². The molecule has 1 aliphatic heterocycles. The third-order valence-corrected chi connectivity index (χ3v) is 0.304. The van der Waals surface area contributed by atoms with Gasteiger partial charge in [-0.1, -0.05) is 0 Å². The van der Waals surface area contributed by atoms with E-state index in [0.717, 1.165) is 0 Å². The fourth-order valence-electron chi connectivity index (χ4n) is 0.147. The Hall–Kier alpha value is -0.0800. The molecule has 0 radical (unpaired) electrons. The van der Waals surface area contributed by atoms with Gasteiger partial charge in [-0.25, -0.2) is 0 Å². The molecular weight excluding hydrogens is 68.0 g/mol. The highest BCUT2D eigenvalue weighted by Crippen LogP contribution is 1.85. The molecule has 2 nitrogen and oxygen atoms in total. The van der Waals surface area contributed by atoms with Crippen molar-refractivity contribution in [2.24, 2.45) is 0 Å². The summed E-state index contributed by atoms with van der Waals surface area (Å²) in [5.74, 6) is 0. The maximum atomic E-state index is 6.82. The molecule has 0 N–H and O–H groups in total. The second kappa shape index (κ2) is 1.38. The molecule has 1 fully saturated rings. The third kappa shape index (κ3) is 0.597. The molecule has 0 bridgehead atoms. The lowest BCUT2D eigenvalue weighted by molar-refractivity contribution is 0.0692. The van der Waals surface area contributed by atoms with Gasteiger partial charge in [0, 0.05) is 0 Å². The number of hydrogen-bond donors (Lipinski definition) is 0. The van der Waals surface area contributed by atoms with Gasteiger partial charge in [-0.3, -0.25) is 0 Å². The topological polar surface area (TPSA) is 18.5 Å². The van der Waals surface area contributed by atoms with Crippen molar-refractivity contribution in [3.8, 4) is 0 Å². The first-order valence-corrected chi connectivity index (χ1v) is 1.25. The molecule has 1 saturated heterocycles. The normalized spacial score (nSPS) is 56.0. The van der Waals surface area contributed by atoms with Crippen LogP contribution in [0.25, 0.3) is 0 Å². The highest BCUT2D eigenvalue weighted by molar-refractivity contribution is 4.28. The van der Waals surface area contributed by atoms with Crippen molar-refractivity contribution in [1.29, 1.82) is 0 Å². The summed E-state index contributed by atoms with van der Waals surface area (Å²) < 4.78 is 35.6. The summed E-state index contributed by atoms with van der Waals surface area (Å²) in [6.45, 7) is -4.56. The van der Waals surface area contributed by atoms with Gasteiger partial charge in [0.25, 0.3) is 0 Å². The minimum Gasteiger partial charge on any atom is -0.353 e. The van der Waals surface area contributed by atoms with E-state index in [1.54, 1.807) is 0 Å². The van der Waals surface area contributed by atoms with Gasteiger partial charge < -0.3 is 9.47 Å². The Morgan fingerprint density at radius 3 is 2.80 bits per heavy atom. The zero-order valence-electron chi connectivity index (χ0n) is 6.52. The van der Waals surface area contributed by atoms with Crippen LogP contribution >= 0.6 is 0 Å². The van der Waals surface area contributed by atoms with E-state index in [9.17, 15) is 0 Å². The zero-order valence-corrected chi connectivity index (χ0v) is 2.52. The van der Waals surface area contributed by atoms with E-state index in [-0.39, 0.29) is 6.61 Å². The van der Waals surface area contributed by atoms with Crippen molar-refractivity contribution in [2.75, 3.05) is 19.9 Å². The number of hydrogen-bond acceptors (Lipinski definition) is 2. The molecule has 0 spiro atoms. The lowest BCUT2D eigenvalue weighted by Crippen LogP contribution is -1.79. The second-order valence-electron chi connectivity index (χ2n) is 0.618. The van der Waals surface area contributed by atoms with E-state index in [0.29, 0.717) is 0 Å². The predicted octanol–water partition coefficient (Wildman–Crippen LogP) is -0.00930. The van der Waals surface area contributed by atoms with E-state index >= 15 is 0 Å². The van der Waals surface area contributed by atoms with Crippen LogP contribution < -0.4 is 0 Å². The molecule has 0 aliphatic carbocycles. The molecule has 1 aliphatic rings. The first kappa shape index (κ1) is 0.950. The van der Waals surface area contributed by atoms with Gasteiger partial charge in [0.2, 0.25) is 0 Å². The van der Waals surface area contributed by atoms with Crippen LogP contribution in [0.2, 0.25) is 0 Å². The molecule has 0 aromatic carbocycles. The summed E-state index contributed by atoms with van der Waals surface area (Å²) in [6, 6.07) is 0. The maximum Gasteiger partial charge on any atom is 0.146 e. The van der Waals surface area contributed by atoms with Crippen molar-refractivity contribution in [2.45, 2.75) is 0 Å². The van der Waals surface area contributed by atoms with Gasteiger partial charge in [-0.2, -0.15) is 0 Å². The van der Waals surface area contributed by atoms with Crippen LogP contribution in [0.4, 0.5) is 0 Å². The number of rotatable bonds is 0. The standard InChI is InChI=1S/C3H6O2/c1-2-5-3-4-1/h1-3H2/i1D2,3D2. The van der Waals surface area contributed by atoms with Gasteiger partial charge in [0.15, 0.2) is 0 Å². The monoisotopic (exact) mass is 78.1 g/mol. The van der Waals surface area contributed by atoms with E-state index in [1.807, 2.05) is 0 Å². The molecule has 1 heterocycles. The smallest absolute Gasteiger partial charge is 0.146 e. The first-order valence-electron chi connectivity index (χ1n) is 3.25. The van der Waals surface area contributed by atoms with Crippen LogP contribution in [0, 0.1) is 0 Å². The maximum absolute atomic E-state index is 6.82. The molecular formula is C3H6O2. The van der Waals surface area contributed by atoms with Crippen LogP contribution in [-0.2, 0) is 9.47 Å². The zero-order chi connectivity index (χ0) is 7.12. The lowest BCUT2D eigenvalue weighted by Gasteiger charge is -1.76. The molecule has 30 valence electrons. The fraction of sp³-hybridized carbons (Fsp3) is 1.00. The third-order valence-electron chi connectivity index (χ3n) is 0.304. The summed E-state index contributed by atoms with van der Waals surface area (Å²) >= 11 is 0. The van der Waals surface area contributed by atoms with Crippen molar-refractivity contribution in [1.82, 2.24) is 0 Å². The highest BCUT2D eigenvalue weighted by Gasteiger charge is 1.93. The summed E-state index contributed by atoms with van der Waals surface area (Å²) in [6.07, 6.45) is 0. The quantitative estimate of drug-likeness (QED) is 0.405. The lowest BCUT2D eigenvalue weighted by atomic mass is 10.8. The molecule has 5 heavy (non-hydrogen) atoms. The van der Waals surface area contributed by atoms with Crippen molar-refractivity contribution in [3.05, 3.63) is 0 Å². The second-order valence-corrected chi connectivity index (χ2v) is 0.618. The van der Waals surface area contributed by atoms with Crippen LogP contribution in [0.15, 0.2) is 0 Å². The Kier molecular flexibility index (Phi) is 0.262. The minimum atomic E-state index is -2.25. The first-order chi connectivity index (χ1) is 3.91. The van der Waals surface area contributed by atoms with Gasteiger partial charge in [0.05, 0.1) is 18.6 Å². The Balaban J connectivity index is 2.58. The Morgan fingerprint density at radius 2 is 2.60 bits per heavy atom.